The Labute approximate surface area is 166 Å². The third kappa shape index (κ3) is 5.05. The molecule has 6 nitrogen and oxygen atoms in total. The first-order chi connectivity index (χ1) is 12.4. The summed E-state index contributed by atoms with van der Waals surface area (Å²) in [4.78, 5) is 1.19. The first kappa shape index (κ1) is 19.8. The van der Waals surface area contributed by atoms with Gasteiger partial charge in [-0.15, -0.1) is 11.3 Å². The van der Waals surface area contributed by atoms with Crippen molar-refractivity contribution in [1.82, 2.24) is 4.31 Å². The molecule has 2 N–H and O–H groups in total. The number of benzene rings is 1. The van der Waals surface area contributed by atoms with Gasteiger partial charge >= 0.3 is 0 Å². The van der Waals surface area contributed by atoms with Gasteiger partial charge in [0.2, 0.25) is 0 Å². The lowest BCUT2D eigenvalue weighted by Crippen LogP contribution is -3.15. The van der Waals surface area contributed by atoms with Crippen LogP contribution in [0.25, 0.3) is 0 Å². The Morgan fingerprint density at radius 1 is 1.27 bits per heavy atom. The van der Waals surface area contributed by atoms with Gasteiger partial charge in [-0.1, -0.05) is 28.1 Å². The number of aliphatic hydroxyl groups is 1. The number of sulfonamides is 1. The van der Waals surface area contributed by atoms with Gasteiger partial charge in [-0.05, 0) is 29.6 Å². The number of hydrogen-bond donors (Lipinski definition) is 2. The first-order valence-corrected chi connectivity index (χ1v) is 11.5. The predicted molar refractivity (Wildman–Crippen MR) is 104 cm³/mol. The largest absolute Gasteiger partial charge is 0.491 e. The molecular formula is C17H22BrN2O4S2+. The summed E-state index contributed by atoms with van der Waals surface area (Å²) in [5, 5.41) is 12.0. The minimum atomic E-state index is -3.37. The van der Waals surface area contributed by atoms with Crippen LogP contribution >= 0.6 is 27.3 Å². The maximum Gasteiger partial charge on any atom is 0.252 e. The van der Waals surface area contributed by atoms with E-state index < -0.39 is 16.1 Å². The van der Waals surface area contributed by atoms with Crippen LogP contribution in [-0.2, 0) is 10.0 Å². The molecular weight excluding hydrogens is 440 g/mol. The molecule has 2 heterocycles. The van der Waals surface area contributed by atoms with E-state index in [2.05, 4.69) is 15.9 Å². The highest BCUT2D eigenvalue weighted by Gasteiger charge is 2.31. The molecule has 1 aromatic carbocycles. The Morgan fingerprint density at radius 2 is 2.04 bits per heavy atom. The molecule has 3 rings (SSSR count). The maximum atomic E-state index is 12.5. The molecule has 1 fully saturated rings. The normalized spacial score (nSPS) is 17.9. The van der Waals surface area contributed by atoms with E-state index in [4.69, 9.17) is 4.74 Å². The van der Waals surface area contributed by atoms with E-state index in [1.165, 1.54) is 20.5 Å². The van der Waals surface area contributed by atoms with Crippen molar-refractivity contribution >= 4 is 37.3 Å². The number of quaternary nitrogens is 1. The van der Waals surface area contributed by atoms with Gasteiger partial charge in [0.15, 0.2) is 0 Å². The molecule has 9 heteroatoms. The monoisotopic (exact) mass is 461 g/mol. The number of piperazine rings is 1. The minimum absolute atomic E-state index is 0.219. The molecule has 2 aromatic rings. The fourth-order valence-electron chi connectivity index (χ4n) is 2.93. The Balaban J connectivity index is 1.45. The molecule has 0 aliphatic carbocycles. The fraction of sp³-hybridized carbons (Fsp3) is 0.412. The number of halogens is 1. The molecule has 0 radical (unpaired) electrons. The van der Waals surface area contributed by atoms with Crippen molar-refractivity contribution in [2.45, 2.75) is 10.3 Å². The number of rotatable bonds is 7. The molecule has 0 unspecified atom stereocenters. The SMILES string of the molecule is O=S(=O)(c1cccs1)N1CC[NH+](C[C@H](O)COc2cccc(Br)c2)CC1. The van der Waals surface area contributed by atoms with Crippen LogP contribution in [0.1, 0.15) is 0 Å². The van der Waals surface area contributed by atoms with Crippen LogP contribution in [0.5, 0.6) is 5.75 Å². The number of aliphatic hydroxyl groups excluding tert-OH is 1. The number of nitrogens with one attached hydrogen (secondary N) is 1. The maximum absolute atomic E-state index is 12.5. The second-order valence-electron chi connectivity index (χ2n) is 6.21. The van der Waals surface area contributed by atoms with Crippen LogP contribution in [0.2, 0.25) is 0 Å². The molecule has 0 amide bonds. The molecule has 1 aliphatic rings. The second kappa shape index (κ2) is 8.81. The summed E-state index contributed by atoms with van der Waals surface area (Å²) in [6.45, 7) is 3.05. The summed E-state index contributed by atoms with van der Waals surface area (Å²) in [5.41, 5.74) is 0. The molecule has 1 aliphatic heterocycles. The molecule has 142 valence electrons. The van der Waals surface area contributed by atoms with Gasteiger partial charge in [0.1, 0.15) is 29.2 Å². The van der Waals surface area contributed by atoms with Crippen LogP contribution in [0, 0.1) is 0 Å². The molecule has 1 saturated heterocycles. The van der Waals surface area contributed by atoms with Gasteiger partial charge in [0.25, 0.3) is 10.0 Å². The van der Waals surface area contributed by atoms with Crippen molar-refractivity contribution in [3.05, 3.63) is 46.3 Å². The van der Waals surface area contributed by atoms with Crippen molar-refractivity contribution in [2.75, 3.05) is 39.3 Å². The van der Waals surface area contributed by atoms with Gasteiger partial charge < -0.3 is 14.7 Å². The summed E-state index contributed by atoms with van der Waals surface area (Å²) in [5.74, 6) is 0.709. The highest BCUT2D eigenvalue weighted by molar-refractivity contribution is 9.10. The van der Waals surface area contributed by atoms with E-state index in [9.17, 15) is 13.5 Å². The standard InChI is InChI=1S/C17H21BrN2O4S2/c18-14-3-1-4-16(11-14)24-13-15(21)12-19-6-8-20(9-7-19)26(22,23)17-5-2-10-25-17/h1-5,10-11,15,21H,6-9,12-13H2/p+1/t15-/m0/s1. The highest BCUT2D eigenvalue weighted by atomic mass is 79.9. The summed E-state index contributed by atoms with van der Waals surface area (Å²) >= 11 is 4.63. The molecule has 0 spiro atoms. The first-order valence-electron chi connectivity index (χ1n) is 8.39. The van der Waals surface area contributed by atoms with Gasteiger partial charge in [-0.3, -0.25) is 0 Å². The summed E-state index contributed by atoms with van der Waals surface area (Å²) in [6, 6.07) is 10.9. The van der Waals surface area contributed by atoms with Gasteiger partial charge in [0.05, 0.1) is 26.2 Å². The Hall–Kier alpha value is -0.970. The van der Waals surface area contributed by atoms with E-state index in [0.717, 1.165) is 4.47 Å². The quantitative estimate of drug-likeness (QED) is 0.640. The summed E-state index contributed by atoms with van der Waals surface area (Å²) < 4.78 is 33.5. The third-order valence-electron chi connectivity index (χ3n) is 4.28. The van der Waals surface area contributed by atoms with Crippen LogP contribution < -0.4 is 9.64 Å². The van der Waals surface area contributed by atoms with E-state index in [1.807, 2.05) is 24.3 Å². The van der Waals surface area contributed by atoms with Crippen LogP contribution in [0.3, 0.4) is 0 Å². The summed E-state index contributed by atoms with van der Waals surface area (Å²) in [7, 11) is -3.37. The van der Waals surface area contributed by atoms with Crippen LogP contribution in [0.4, 0.5) is 0 Å². The van der Waals surface area contributed by atoms with Crippen molar-refractivity contribution in [1.29, 1.82) is 0 Å². The van der Waals surface area contributed by atoms with E-state index >= 15 is 0 Å². The molecule has 0 saturated carbocycles. The zero-order valence-electron chi connectivity index (χ0n) is 14.2. The molecule has 26 heavy (non-hydrogen) atoms. The smallest absolute Gasteiger partial charge is 0.252 e. The topological polar surface area (TPSA) is 71.3 Å². The number of nitrogens with zero attached hydrogens (tertiary/aromatic N) is 1. The second-order valence-corrected chi connectivity index (χ2v) is 10.2. The summed E-state index contributed by atoms with van der Waals surface area (Å²) in [6.07, 6.45) is -0.593. The van der Waals surface area contributed by atoms with E-state index in [-0.39, 0.29) is 6.61 Å². The lowest BCUT2D eigenvalue weighted by molar-refractivity contribution is -0.906. The van der Waals surface area contributed by atoms with Crippen LogP contribution in [-0.4, -0.2) is 63.3 Å². The van der Waals surface area contributed by atoms with E-state index in [1.54, 1.807) is 17.5 Å². The Bertz CT molecular complexity index is 806. The molecule has 1 atom stereocenters. The van der Waals surface area contributed by atoms with Crippen molar-refractivity contribution < 1.29 is 23.2 Å². The number of thiophene rings is 1. The Morgan fingerprint density at radius 3 is 2.69 bits per heavy atom. The highest BCUT2D eigenvalue weighted by Crippen LogP contribution is 2.20. The van der Waals surface area contributed by atoms with Crippen LogP contribution in [0.15, 0.2) is 50.5 Å². The Kier molecular flexibility index (Phi) is 6.70. The van der Waals surface area contributed by atoms with Gasteiger partial charge in [-0.25, -0.2) is 8.42 Å². The fourth-order valence-corrected chi connectivity index (χ4v) is 5.89. The average Bonchev–Trinajstić information content (AvgIpc) is 3.16. The zero-order chi connectivity index (χ0) is 18.6. The molecule has 1 aromatic heterocycles. The van der Waals surface area contributed by atoms with Gasteiger partial charge in [-0.2, -0.15) is 4.31 Å². The van der Waals surface area contributed by atoms with Gasteiger partial charge in [0, 0.05) is 4.47 Å². The molecule has 0 bridgehead atoms. The lowest BCUT2D eigenvalue weighted by Gasteiger charge is -2.32. The zero-order valence-corrected chi connectivity index (χ0v) is 17.4. The minimum Gasteiger partial charge on any atom is -0.491 e. The average molecular weight is 462 g/mol. The predicted octanol–water partition coefficient (Wildman–Crippen LogP) is 0.840. The van der Waals surface area contributed by atoms with E-state index in [0.29, 0.717) is 42.7 Å². The lowest BCUT2D eigenvalue weighted by atomic mass is 10.3. The number of ether oxygens (including phenoxy) is 1. The van der Waals surface area contributed by atoms with Crippen molar-refractivity contribution in [3.63, 3.8) is 0 Å². The van der Waals surface area contributed by atoms with Crippen molar-refractivity contribution in [2.24, 2.45) is 0 Å². The number of hydrogen-bond acceptors (Lipinski definition) is 5. The third-order valence-corrected chi connectivity index (χ3v) is 8.05. The van der Waals surface area contributed by atoms with Crippen molar-refractivity contribution in [3.8, 4) is 5.75 Å².